The number of benzene rings is 1. The van der Waals surface area contributed by atoms with Gasteiger partial charge in [-0.2, -0.15) is 0 Å². The summed E-state index contributed by atoms with van der Waals surface area (Å²) in [5.74, 6) is 0.295. The van der Waals surface area contributed by atoms with Crippen molar-refractivity contribution in [3.05, 3.63) is 48.6 Å². The zero-order valence-electron chi connectivity index (χ0n) is 13.5. The van der Waals surface area contributed by atoms with E-state index in [-0.39, 0.29) is 0 Å². The average Bonchev–Trinajstić information content (AvgIpc) is 2.48. The molecule has 1 aromatic carbocycles. The predicted octanol–water partition coefficient (Wildman–Crippen LogP) is 4.08. The molecule has 1 aromatic rings. The van der Waals surface area contributed by atoms with Gasteiger partial charge in [0.15, 0.2) is 0 Å². The van der Waals surface area contributed by atoms with Crippen molar-refractivity contribution in [3.63, 3.8) is 0 Å². The van der Waals surface area contributed by atoms with Gasteiger partial charge in [0, 0.05) is 25.9 Å². The van der Waals surface area contributed by atoms with Gasteiger partial charge in [0.05, 0.1) is 0 Å². The van der Waals surface area contributed by atoms with Crippen molar-refractivity contribution in [1.29, 1.82) is 0 Å². The minimum Gasteiger partial charge on any atom is -0.374 e. The van der Waals surface area contributed by atoms with Crippen molar-refractivity contribution in [2.45, 2.75) is 33.2 Å². The molecule has 0 heterocycles. The van der Waals surface area contributed by atoms with Crippen LogP contribution in [0.2, 0.25) is 6.04 Å². The van der Waals surface area contributed by atoms with Gasteiger partial charge in [0.1, 0.15) is 0 Å². The normalized spacial score (nSPS) is 13.1. The smallest absolute Gasteiger partial charge is 0.374 e. The van der Waals surface area contributed by atoms with Gasteiger partial charge in [0.2, 0.25) is 0 Å². The maximum atomic E-state index is 5.93. The maximum Gasteiger partial charge on any atom is 0.501 e. The molecular weight excluding hydrogens is 280 g/mol. The van der Waals surface area contributed by atoms with Gasteiger partial charge in [-0.15, -0.1) is 6.58 Å². The Labute approximate surface area is 130 Å². The Bertz CT molecular complexity index is 377. The third kappa shape index (κ3) is 6.14. The topological polar surface area (TPSA) is 27.7 Å². The highest BCUT2D eigenvalue weighted by atomic mass is 28.4. The Hall–Kier alpha value is -0.943. The van der Waals surface area contributed by atoms with Crippen LogP contribution in [0.3, 0.4) is 0 Å². The Morgan fingerprint density at radius 1 is 1.00 bits per heavy atom. The lowest BCUT2D eigenvalue weighted by molar-refractivity contribution is 0.0686. The van der Waals surface area contributed by atoms with Crippen molar-refractivity contribution in [2.75, 3.05) is 19.8 Å². The molecule has 4 heteroatoms. The summed E-state index contributed by atoms with van der Waals surface area (Å²) in [6.07, 6.45) is 2.93. The zero-order valence-corrected chi connectivity index (χ0v) is 14.5. The molecule has 0 aliphatic carbocycles. The number of rotatable bonds is 11. The van der Waals surface area contributed by atoms with E-state index in [1.54, 1.807) is 0 Å². The molecule has 0 radical (unpaired) electrons. The van der Waals surface area contributed by atoms with E-state index >= 15 is 0 Å². The van der Waals surface area contributed by atoms with Gasteiger partial charge in [-0.05, 0) is 38.7 Å². The molecule has 0 saturated heterocycles. The minimum atomic E-state index is -2.60. The fraction of sp³-hybridized carbons (Fsp3) is 0.529. The highest BCUT2D eigenvalue weighted by Gasteiger charge is 2.42. The fourth-order valence-corrected chi connectivity index (χ4v) is 5.31. The second kappa shape index (κ2) is 9.90. The molecule has 1 atom stereocenters. The second-order valence-corrected chi connectivity index (χ2v) is 7.51. The summed E-state index contributed by atoms with van der Waals surface area (Å²) in [5.41, 5.74) is 1.30. The van der Waals surface area contributed by atoms with Crippen molar-refractivity contribution in [3.8, 4) is 0 Å². The molecule has 0 aliphatic heterocycles. The van der Waals surface area contributed by atoms with E-state index in [0.29, 0.717) is 25.7 Å². The molecule has 21 heavy (non-hydrogen) atoms. The van der Waals surface area contributed by atoms with Gasteiger partial charge in [0.25, 0.3) is 0 Å². The van der Waals surface area contributed by atoms with Crippen molar-refractivity contribution >= 4 is 8.80 Å². The second-order valence-electron chi connectivity index (χ2n) is 4.87. The molecule has 0 amide bonds. The third-order valence-electron chi connectivity index (χ3n) is 3.28. The van der Waals surface area contributed by atoms with Crippen LogP contribution in [0.1, 0.15) is 26.3 Å². The van der Waals surface area contributed by atoms with E-state index in [1.807, 2.05) is 32.9 Å². The summed E-state index contributed by atoms with van der Waals surface area (Å²) >= 11 is 0. The van der Waals surface area contributed by atoms with Crippen molar-refractivity contribution in [2.24, 2.45) is 5.92 Å². The van der Waals surface area contributed by atoms with Crippen LogP contribution in [0.25, 0.3) is 0 Å². The van der Waals surface area contributed by atoms with E-state index in [4.69, 9.17) is 13.3 Å². The third-order valence-corrected chi connectivity index (χ3v) is 6.49. The summed E-state index contributed by atoms with van der Waals surface area (Å²) in [5, 5.41) is 0. The molecule has 118 valence electrons. The van der Waals surface area contributed by atoms with Crippen molar-refractivity contribution < 1.29 is 13.3 Å². The molecule has 0 aliphatic rings. The fourth-order valence-electron chi connectivity index (χ4n) is 2.44. The standard InChI is InChI=1S/C17H28O3Si/c1-5-16(14-17-12-10-9-11-13-17)15-21(18-6-2,19-7-3)20-8-4/h5,9-13,16H,1,6-8,14-15H2,2-4H3. The van der Waals surface area contributed by atoms with Gasteiger partial charge in [-0.25, -0.2) is 0 Å². The number of hydrogen-bond acceptors (Lipinski definition) is 3. The number of hydrogen-bond donors (Lipinski definition) is 0. The lowest BCUT2D eigenvalue weighted by Gasteiger charge is -2.31. The minimum absolute atomic E-state index is 0.295. The lowest BCUT2D eigenvalue weighted by atomic mass is 10.0. The van der Waals surface area contributed by atoms with E-state index < -0.39 is 8.80 Å². The van der Waals surface area contributed by atoms with Gasteiger partial charge in [-0.1, -0.05) is 36.4 Å². The first-order valence-electron chi connectivity index (χ1n) is 7.78. The van der Waals surface area contributed by atoms with Crippen molar-refractivity contribution in [1.82, 2.24) is 0 Å². The zero-order chi connectivity index (χ0) is 15.6. The molecule has 0 bridgehead atoms. The van der Waals surface area contributed by atoms with E-state index in [2.05, 4.69) is 30.8 Å². The van der Waals surface area contributed by atoms with Crippen LogP contribution in [-0.4, -0.2) is 28.6 Å². The van der Waals surface area contributed by atoms with Crippen LogP contribution < -0.4 is 0 Å². The van der Waals surface area contributed by atoms with E-state index in [1.165, 1.54) is 5.56 Å². The van der Waals surface area contributed by atoms with Crippen LogP contribution in [0.5, 0.6) is 0 Å². The Balaban J connectivity index is 2.79. The summed E-state index contributed by atoms with van der Waals surface area (Å²) in [6.45, 7) is 11.8. The van der Waals surface area contributed by atoms with Gasteiger partial charge in [-0.3, -0.25) is 0 Å². The first-order valence-corrected chi connectivity index (χ1v) is 9.71. The first kappa shape index (κ1) is 18.1. The Morgan fingerprint density at radius 3 is 1.95 bits per heavy atom. The summed E-state index contributed by atoms with van der Waals surface area (Å²) in [7, 11) is -2.60. The first-order chi connectivity index (χ1) is 10.2. The van der Waals surface area contributed by atoms with Crippen LogP contribution in [0.15, 0.2) is 43.0 Å². The number of allylic oxidation sites excluding steroid dienone is 1. The highest BCUT2D eigenvalue weighted by Crippen LogP contribution is 2.25. The molecule has 0 N–H and O–H groups in total. The van der Waals surface area contributed by atoms with Crippen LogP contribution in [0, 0.1) is 5.92 Å². The maximum absolute atomic E-state index is 5.93. The summed E-state index contributed by atoms with van der Waals surface area (Å²) < 4.78 is 17.8. The Kier molecular flexibility index (Phi) is 8.53. The molecule has 0 aromatic heterocycles. The quantitative estimate of drug-likeness (QED) is 0.455. The van der Waals surface area contributed by atoms with Crippen LogP contribution in [0.4, 0.5) is 0 Å². The molecule has 0 saturated carbocycles. The van der Waals surface area contributed by atoms with Crippen LogP contribution >= 0.6 is 0 Å². The van der Waals surface area contributed by atoms with E-state index in [9.17, 15) is 0 Å². The van der Waals surface area contributed by atoms with E-state index in [0.717, 1.165) is 12.5 Å². The summed E-state index contributed by atoms with van der Waals surface area (Å²) in [4.78, 5) is 0. The molecule has 0 spiro atoms. The molecule has 1 rings (SSSR count). The van der Waals surface area contributed by atoms with Gasteiger partial charge >= 0.3 is 8.80 Å². The highest BCUT2D eigenvalue weighted by molar-refractivity contribution is 6.60. The molecule has 0 fully saturated rings. The average molecular weight is 308 g/mol. The molecule has 1 unspecified atom stereocenters. The van der Waals surface area contributed by atoms with Gasteiger partial charge < -0.3 is 13.3 Å². The van der Waals surface area contributed by atoms with Crippen LogP contribution in [-0.2, 0) is 19.7 Å². The summed E-state index contributed by atoms with van der Waals surface area (Å²) in [6, 6.07) is 11.2. The molecule has 3 nitrogen and oxygen atoms in total. The lowest BCUT2D eigenvalue weighted by Crippen LogP contribution is -2.47. The SMILES string of the molecule is C=CC(Cc1ccccc1)C[Si](OCC)(OCC)OCC. The monoisotopic (exact) mass is 308 g/mol. The predicted molar refractivity (Wildman–Crippen MR) is 89.3 cm³/mol. The largest absolute Gasteiger partial charge is 0.501 e. The molecular formula is C17H28O3Si. The Morgan fingerprint density at radius 2 is 1.52 bits per heavy atom.